The summed E-state index contributed by atoms with van der Waals surface area (Å²) in [6.45, 7) is 6.06. The largest absolute Gasteiger partial charge is 0.393 e. The molecular weight excluding hydrogens is 162 g/mol. The van der Waals surface area contributed by atoms with Gasteiger partial charge in [0.1, 0.15) is 0 Å². The third-order valence-corrected chi connectivity index (χ3v) is 2.52. The first-order valence-electron chi connectivity index (χ1n) is 5.62. The lowest BCUT2D eigenvalue weighted by atomic mass is 9.84. The maximum Gasteiger partial charge on any atom is 0.0540 e. The van der Waals surface area contributed by atoms with Crippen molar-refractivity contribution in [2.24, 2.45) is 11.7 Å². The van der Waals surface area contributed by atoms with Crippen LogP contribution in [0.1, 0.15) is 52.9 Å². The molecule has 0 aromatic rings. The van der Waals surface area contributed by atoms with E-state index >= 15 is 0 Å². The minimum absolute atomic E-state index is 0.0284. The van der Waals surface area contributed by atoms with Crippen molar-refractivity contribution in [1.29, 1.82) is 0 Å². The molecule has 1 fully saturated rings. The Hall–Kier alpha value is -0.0800. The summed E-state index contributed by atoms with van der Waals surface area (Å²) in [5.74, 6) is 0.776. The highest BCUT2D eigenvalue weighted by Crippen LogP contribution is 2.27. The summed E-state index contributed by atoms with van der Waals surface area (Å²) in [5, 5.41) is 9.23. The van der Waals surface area contributed by atoms with Crippen molar-refractivity contribution in [3.63, 3.8) is 0 Å². The summed E-state index contributed by atoms with van der Waals surface area (Å²) >= 11 is 0. The van der Waals surface area contributed by atoms with Gasteiger partial charge in [-0.2, -0.15) is 0 Å². The van der Waals surface area contributed by atoms with E-state index in [-0.39, 0.29) is 6.10 Å². The molecule has 0 radical (unpaired) electrons. The summed E-state index contributed by atoms with van der Waals surface area (Å²) in [7, 11) is 0. The summed E-state index contributed by atoms with van der Waals surface area (Å²) in [6.07, 6.45) is 5.41. The molecule has 0 bridgehead atoms. The lowest BCUT2D eigenvalue weighted by molar-refractivity contribution is 0.105. The van der Waals surface area contributed by atoms with Gasteiger partial charge < -0.3 is 10.8 Å². The molecule has 1 rings (SSSR count). The molecule has 2 nitrogen and oxygen atoms in total. The van der Waals surface area contributed by atoms with Crippen LogP contribution in [0.2, 0.25) is 0 Å². The Morgan fingerprint density at radius 3 is 2.08 bits per heavy atom. The first kappa shape index (κ1) is 12.9. The maximum absolute atomic E-state index is 9.23. The van der Waals surface area contributed by atoms with Gasteiger partial charge in [0.05, 0.1) is 6.10 Å². The van der Waals surface area contributed by atoms with Crippen molar-refractivity contribution >= 4 is 0 Å². The number of rotatable bonds is 2. The zero-order valence-corrected chi connectivity index (χ0v) is 9.29. The second kappa shape index (κ2) is 7.34. The standard InChI is InChI=1S/C9H19NO.C2H6/c1-7(10)6-8-2-4-9(11)5-3-8;1-2/h7-9,11H,2-6,10H2,1H3;1-2H3. The molecule has 0 aromatic heterocycles. The molecule has 0 amide bonds. The second-order valence-electron chi connectivity index (χ2n) is 3.89. The topological polar surface area (TPSA) is 46.2 Å². The van der Waals surface area contributed by atoms with Crippen molar-refractivity contribution in [2.75, 3.05) is 0 Å². The van der Waals surface area contributed by atoms with Gasteiger partial charge in [-0.3, -0.25) is 0 Å². The van der Waals surface area contributed by atoms with Gasteiger partial charge in [0.2, 0.25) is 0 Å². The molecule has 1 atom stereocenters. The highest BCUT2D eigenvalue weighted by molar-refractivity contribution is 4.73. The van der Waals surface area contributed by atoms with Crippen LogP contribution in [-0.2, 0) is 0 Å². The first-order chi connectivity index (χ1) is 6.18. The van der Waals surface area contributed by atoms with Crippen LogP contribution in [0.25, 0.3) is 0 Å². The zero-order chi connectivity index (χ0) is 10.3. The molecule has 13 heavy (non-hydrogen) atoms. The Morgan fingerprint density at radius 1 is 1.23 bits per heavy atom. The third kappa shape index (κ3) is 6.05. The number of aliphatic hydroxyl groups excluding tert-OH is 1. The van der Waals surface area contributed by atoms with E-state index in [9.17, 15) is 5.11 Å². The van der Waals surface area contributed by atoms with Crippen molar-refractivity contribution in [1.82, 2.24) is 0 Å². The number of hydrogen-bond donors (Lipinski definition) is 2. The first-order valence-corrected chi connectivity index (χ1v) is 5.62. The molecular formula is C11H25NO. The molecule has 0 heterocycles. The highest BCUT2D eigenvalue weighted by Gasteiger charge is 2.19. The van der Waals surface area contributed by atoms with Crippen molar-refractivity contribution in [2.45, 2.75) is 65.0 Å². The quantitative estimate of drug-likeness (QED) is 0.697. The Morgan fingerprint density at radius 2 is 1.69 bits per heavy atom. The molecule has 0 aromatic carbocycles. The highest BCUT2D eigenvalue weighted by atomic mass is 16.3. The van der Waals surface area contributed by atoms with Crippen molar-refractivity contribution in [3.05, 3.63) is 0 Å². The molecule has 2 heteroatoms. The zero-order valence-electron chi connectivity index (χ0n) is 9.29. The summed E-state index contributed by atoms with van der Waals surface area (Å²) < 4.78 is 0. The average Bonchev–Trinajstić information content (AvgIpc) is 2.12. The summed E-state index contributed by atoms with van der Waals surface area (Å²) in [5.41, 5.74) is 5.70. The molecule has 1 aliphatic carbocycles. The summed E-state index contributed by atoms with van der Waals surface area (Å²) in [4.78, 5) is 0. The van der Waals surface area contributed by atoms with Crippen LogP contribution < -0.4 is 5.73 Å². The minimum Gasteiger partial charge on any atom is -0.393 e. The fraction of sp³-hybridized carbons (Fsp3) is 1.00. The van der Waals surface area contributed by atoms with E-state index in [2.05, 4.69) is 6.92 Å². The monoisotopic (exact) mass is 187 g/mol. The van der Waals surface area contributed by atoms with E-state index < -0.39 is 0 Å². The molecule has 1 aliphatic rings. The lowest BCUT2D eigenvalue weighted by Gasteiger charge is -2.26. The third-order valence-electron chi connectivity index (χ3n) is 2.52. The smallest absolute Gasteiger partial charge is 0.0540 e. The van der Waals surface area contributed by atoms with Crippen LogP contribution in [0, 0.1) is 5.92 Å². The Labute approximate surface area is 82.5 Å². The summed E-state index contributed by atoms with van der Waals surface area (Å²) in [6, 6.07) is 0.329. The fourth-order valence-corrected chi connectivity index (χ4v) is 1.91. The van der Waals surface area contributed by atoms with E-state index in [1.807, 2.05) is 13.8 Å². The van der Waals surface area contributed by atoms with E-state index in [1.54, 1.807) is 0 Å². The predicted octanol–water partition coefficient (Wildman–Crippen LogP) is 2.30. The van der Waals surface area contributed by atoms with Crippen LogP contribution in [0.15, 0.2) is 0 Å². The molecule has 3 N–H and O–H groups in total. The molecule has 80 valence electrons. The molecule has 1 unspecified atom stereocenters. The van der Waals surface area contributed by atoms with Gasteiger partial charge in [0.15, 0.2) is 0 Å². The molecule has 1 saturated carbocycles. The Kier molecular flexibility index (Phi) is 7.29. The fourth-order valence-electron chi connectivity index (χ4n) is 1.91. The van der Waals surface area contributed by atoms with Gasteiger partial charge in [-0.1, -0.05) is 13.8 Å². The Bertz CT molecular complexity index is 107. The van der Waals surface area contributed by atoms with Crippen molar-refractivity contribution in [3.8, 4) is 0 Å². The molecule has 0 spiro atoms. The van der Waals surface area contributed by atoms with Crippen LogP contribution in [-0.4, -0.2) is 17.3 Å². The SMILES string of the molecule is CC.CC(N)CC1CCC(O)CC1. The van der Waals surface area contributed by atoms with Gasteiger partial charge in [-0.05, 0) is 44.9 Å². The molecule has 0 saturated heterocycles. The van der Waals surface area contributed by atoms with Gasteiger partial charge in [-0.15, -0.1) is 0 Å². The predicted molar refractivity (Wildman–Crippen MR) is 57.6 cm³/mol. The van der Waals surface area contributed by atoms with Gasteiger partial charge in [0, 0.05) is 6.04 Å². The van der Waals surface area contributed by atoms with Gasteiger partial charge in [0.25, 0.3) is 0 Å². The van der Waals surface area contributed by atoms with Crippen LogP contribution >= 0.6 is 0 Å². The van der Waals surface area contributed by atoms with E-state index in [1.165, 1.54) is 12.8 Å². The van der Waals surface area contributed by atoms with Crippen LogP contribution in [0.5, 0.6) is 0 Å². The van der Waals surface area contributed by atoms with Crippen molar-refractivity contribution < 1.29 is 5.11 Å². The lowest BCUT2D eigenvalue weighted by Crippen LogP contribution is -2.24. The van der Waals surface area contributed by atoms with Crippen LogP contribution in [0.4, 0.5) is 0 Å². The van der Waals surface area contributed by atoms with Crippen LogP contribution in [0.3, 0.4) is 0 Å². The average molecular weight is 187 g/mol. The number of hydrogen-bond acceptors (Lipinski definition) is 2. The number of nitrogens with two attached hydrogens (primary N) is 1. The second-order valence-corrected chi connectivity index (χ2v) is 3.89. The normalized spacial score (nSPS) is 30.2. The van der Waals surface area contributed by atoms with E-state index in [0.29, 0.717) is 6.04 Å². The maximum atomic E-state index is 9.23. The van der Waals surface area contributed by atoms with Gasteiger partial charge in [-0.25, -0.2) is 0 Å². The minimum atomic E-state index is -0.0284. The Balaban J connectivity index is 0.000000671. The molecule has 0 aliphatic heterocycles. The van der Waals surface area contributed by atoms with E-state index in [0.717, 1.165) is 25.2 Å². The number of aliphatic hydroxyl groups is 1. The van der Waals surface area contributed by atoms with Gasteiger partial charge >= 0.3 is 0 Å². The van der Waals surface area contributed by atoms with E-state index in [4.69, 9.17) is 5.73 Å².